The van der Waals surface area contributed by atoms with E-state index in [-0.39, 0.29) is 12.4 Å². The maximum Gasteiger partial charge on any atom is 0.513 e. The highest BCUT2D eigenvalue weighted by molar-refractivity contribution is 5.85. The Morgan fingerprint density at radius 2 is 2.12 bits per heavy atom. The van der Waals surface area contributed by atoms with E-state index in [9.17, 15) is 9.59 Å². The fourth-order valence-electron chi connectivity index (χ4n) is 1.40. The third-order valence-corrected chi connectivity index (χ3v) is 2.07. The second-order valence-electron chi connectivity index (χ2n) is 3.21. The molecule has 0 fully saturated rings. The van der Waals surface area contributed by atoms with Gasteiger partial charge < -0.3 is 13.9 Å². The summed E-state index contributed by atoms with van der Waals surface area (Å²) in [4.78, 5) is 22.4. The van der Waals surface area contributed by atoms with Gasteiger partial charge in [-0.3, -0.25) is 0 Å². The highest BCUT2D eigenvalue weighted by atomic mass is 16.7. The largest absolute Gasteiger partial charge is 0.513 e. The van der Waals surface area contributed by atoms with Crippen LogP contribution < -0.4 is 10.4 Å². The maximum atomic E-state index is 11.2. The number of fused-ring (bicyclic) bond motifs is 1. The van der Waals surface area contributed by atoms with Crippen molar-refractivity contribution in [2.45, 2.75) is 6.92 Å². The van der Waals surface area contributed by atoms with E-state index >= 15 is 0 Å². The fraction of sp³-hybridized carbons (Fsp3) is 0.167. The van der Waals surface area contributed by atoms with Crippen molar-refractivity contribution in [3.63, 3.8) is 0 Å². The molecule has 1 aromatic heterocycles. The van der Waals surface area contributed by atoms with Gasteiger partial charge in [-0.15, -0.1) is 0 Å². The molecule has 0 radical (unpaired) electrons. The first-order valence-electron chi connectivity index (χ1n) is 5.08. The van der Waals surface area contributed by atoms with Crippen LogP contribution in [0.5, 0.6) is 5.75 Å². The van der Waals surface area contributed by atoms with Crippen molar-refractivity contribution in [2.24, 2.45) is 0 Å². The summed E-state index contributed by atoms with van der Waals surface area (Å²) in [6, 6.07) is 7.89. The zero-order valence-corrected chi connectivity index (χ0v) is 9.14. The molecule has 0 saturated heterocycles. The lowest BCUT2D eigenvalue weighted by atomic mass is 10.2. The topological polar surface area (TPSA) is 65.7 Å². The third kappa shape index (κ3) is 2.44. The molecule has 2 rings (SSSR count). The Hall–Kier alpha value is -2.30. The number of carbonyl (C=O) groups is 1. The minimum absolute atomic E-state index is 0.135. The quantitative estimate of drug-likeness (QED) is 0.589. The summed E-state index contributed by atoms with van der Waals surface area (Å²) < 4.78 is 14.5. The minimum Gasteiger partial charge on any atom is -0.434 e. The Balaban J connectivity index is 2.45. The van der Waals surface area contributed by atoms with Gasteiger partial charge in [-0.05, 0) is 19.1 Å². The number of para-hydroxylation sites is 1. The third-order valence-electron chi connectivity index (χ3n) is 2.07. The molecule has 0 N–H and O–H groups in total. The standard InChI is InChI=1S/C12H10O5/c1-2-15-12(14)17-10-7-11(13)16-9-6-4-3-5-8(9)10/h3-7H,2H2,1H3. The molecule has 0 amide bonds. The summed E-state index contributed by atoms with van der Waals surface area (Å²) in [5.74, 6) is 0.135. The molecule has 5 heteroatoms. The van der Waals surface area contributed by atoms with Gasteiger partial charge in [-0.2, -0.15) is 0 Å². The van der Waals surface area contributed by atoms with Crippen molar-refractivity contribution in [1.29, 1.82) is 0 Å². The molecule has 2 aromatic rings. The van der Waals surface area contributed by atoms with Gasteiger partial charge in [0.25, 0.3) is 0 Å². The Morgan fingerprint density at radius 3 is 2.88 bits per heavy atom. The van der Waals surface area contributed by atoms with E-state index < -0.39 is 11.8 Å². The molecular weight excluding hydrogens is 224 g/mol. The van der Waals surface area contributed by atoms with Crippen LogP contribution in [0.2, 0.25) is 0 Å². The van der Waals surface area contributed by atoms with Crippen molar-refractivity contribution in [3.8, 4) is 5.75 Å². The molecule has 88 valence electrons. The van der Waals surface area contributed by atoms with E-state index in [2.05, 4.69) is 4.74 Å². The van der Waals surface area contributed by atoms with Crippen LogP contribution in [0.1, 0.15) is 6.92 Å². The van der Waals surface area contributed by atoms with Crippen LogP contribution in [0.15, 0.2) is 39.5 Å². The summed E-state index contributed by atoms with van der Waals surface area (Å²) >= 11 is 0. The van der Waals surface area contributed by atoms with E-state index in [1.165, 1.54) is 0 Å². The summed E-state index contributed by atoms with van der Waals surface area (Å²) in [5.41, 5.74) is -0.220. The molecule has 0 spiro atoms. The smallest absolute Gasteiger partial charge is 0.434 e. The van der Waals surface area contributed by atoms with Crippen molar-refractivity contribution in [1.82, 2.24) is 0 Å². The number of rotatable bonds is 2. The van der Waals surface area contributed by atoms with Crippen molar-refractivity contribution in [3.05, 3.63) is 40.8 Å². The Bertz CT molecular complexity index is 599. The maximum absolute atomic E-state index is 11.2. The fourth-order valence-corrected chi connectivity index (χ4v) is 1.40. The molecule has 1 heterocycles. The molecule has 1 aromatic carbocycles. The van der Waals surface area contributed by atoms with Gasteiger partial charge in [0.05, 0.1) is 18.1 Å². The molecule has 17 heavy (non-hydrogen) atoms. The second kappa shape index (κ2) is 4.69. The van der Waals surface area contributed by atoms with Gasteiger partial charge in [0.15, 0.2) is 5.75 Å². The molecule has 0 aliphatic heterocycles. The average molecular weight is 234 g/mol. The first-order chi connectivity index (χ1) is 8.20. The van der Waals surface area contributed by atoms with Crippen molar-refractivity contribution >= 4 is 17.1 Å². The van der Waals surface area contributed by atoms with Crippen LogP contribution in [0, 0.1) is 0 Å². The first-order valence-corrected chi connectivity index (χ1v) is 5.08. The molecule has 0 atom stereocenters. The summed E-state index contributed by atoms with van der Waals surface area (Å²) in [6.45, 7) is 1.87. The SMILES string of the molecule is CCOC(=O)Oc1cc(=O)oc2ccccc12. The van der Waals surface area contributed by atoms with Crippen LogP contribution in [0.3, 0.4) is 0 Å². The van der Waals surface area contributed by atoms with E-state index in [1.807, 2.05) is 0 Å². The monoisotopic (exact) mass is 234 g/mol. The van der Waals surface area contributed by atoms with Crippen molar-refractivity contribution in [2.75, 3.05) is 6.61 Å². The molecule has 5 nitrogen and oxygen atoms in total. The van der Waals surface area contributed by atoms with E-state index in [4.69, 9.17) is 9.15 Å². The normalized spacial score (nSPS) is 10.2. The van der Waals surface area contributed by atoms with Gasteiger partial charge in [-0.25, -0.2) is 9.59 Å². The summed E-state index contributed by atoms with van der Waals surface area (Å²) in [6.07, 6.45) is -0.844. The first kappa shape index (κ1) is 11.2. The van der Waals surface area contributed by atoms with Gasteiger partial charge in [0.1, 0.15) is 5.58 Å². The number of carbonyl (C=O) groups excluding carboxylic acids is 1. The number of hydrogen-bond acceptors (Lipinski definition) is 5. The predicted octanol–water partition coefficient (Wildman–Crippen LogP) is 2.33. The molecule has 0 unspecified atom stereocenters. The lowest BCUT2D eigenvalue weighted by Gasteiger charge is -2.05. The lowest BCUT2D eigenvalue weighted by Crippen LogP contribution is -2.11. The van der Waals surface area contributed by atoms with Gasteiger partial charge in [-0.1, -0.05) is 12.1 Å². The number of benzene rings is 1. The molecular formula is C12H10O5. The average Bonchev–Trinajstić information content (AvgIpc) is 2.29. The second-order valence-corrected chi connectivity index (χ2v) is 3.21. The van der Waals surface area contributed by atoms with E-state index in [0.29, 0.717) is 11.0 Å². The van der Waals surface area contributed by atoms with Gasteiger partial charge >= 0.3 is 11.8 Å². The predicted molar refractivity (Wildman–Crippen MR) is 60.1 cm³/mol. The molecule has 0 saturated carbocycles. The van der Waals surface area contributed by atoms with E-state index in [1.54, 1.807) is 31.2 Å². The van der Waals surface area contributed by atoms with E-state index in [0.717, 1.165) is 6.07 Å². The summed E-state index contributed by atoms with van der Waals surface area (Å²) in [5, 5.41) is 0.542. The number of hydrogen-bond donors (Lipinski definition) is 0. The molecule has 0 bridgehead atoms. The van der Waals surface area contributed by atoms with Gasteiger partial charge in [0, 0.05) is 0 Å². The highest BCUT2D eigenvalue weighted by Crippen LogP contribution is 2.23. The van der Waals surface area contributed by atoms with Crippen LogP contribution in [-0.4, -0.2) is 12.8 Å². The lowest BCUT2D eigenvalue weighted by molar-refractivity contribution is 0.104. The van der Waals surface area contributed by atoms with Gasteiger partial charge in [0.2, 0.25) is 0 Å². The van der Waals surface area contributed by atoms with Crippen molar-refractivity contribution < 1.29 is 18.7 Å². The molecule has 0 aliphatic rings. The Labute approximate surface area is 96.6 Å². The zero-order chi connectivity index (χ0) is 12.3. The Kier molecular flexibility index (Phi) is 3.09. The Morgan fingerprint density at radius 1 is 1.35 bits per heavy atom. The zero-order valence-electron chi connectivity index (χ0n) is 9.14. The van der Waals surface area contributed by atoms with Crippen LogP contribution in [-0.2, 0) is 4.74 Å². The van der Waals surface area contributed by atoms with Crippen LogP contribution >= 0.6 is 0 Å². The van der Waals surface area contributed by atoms with Crippen LogP contribution in [0.25, 0.3) is 11.0 Å². The van der Waals surface area contributed by atoms with Crippen LogP contribution in [0.4, 0.5) is 4.79 Å². The molecule has 0 aliphatic carbocycles. The summed E-state index contributed by atoms with van der Waals surface area (Å²) in [7, 11) is 0. The minimum atomic E-state index is -0.844. The number of ether oxygens (including phenoxy) is 2. The highest BCUT2D eigenvalue weighted by Gasteiger charge is 2.11.